The smallest absolute Gasteiger partial charge is 0.212 e. The molecule has 0 heterocycles. The Morgan fingerprint density at radius 1 is 1.32 bits per heavy atom. The lowest BCUT2D eigenvalue weighted by Gasteiger charge is -2.14. The highest BCUT2D eigenvalue weighted by molar-refractivity contribution is 8.00. The number of hydrogen-bond acceptors (Lipinski definition) is 4. The van der Waals surface area contributed by atoms with Gasteiger partial charge in [0.15, 0.2) is 0 Å². The van der Waals surface area contributed by atoms with Crippen LogP contribution in [-0.2, 0) is 10.0 Å². The molecule has 19 heavy (non-hydrogen) atoms. The van der Waals surface area contributed by atoms with Crippen molar-refractivity contribution in [3.63, 3.8) is 0 Å². The molecule has 0 bridgehead atoms. The van der Waals surface area contributed by atoms with E-state index in [9.17, 15) is 8.42 Å². The van der Waals surface area contributed by atoms with E-state index in [1.165, 1.54) is 11.8 Å². The van der Waals surface area contributed by atoms with Crippen molar-refractivity contribution in [3.8, 4) is 0 Å². The van der Waals surface area contributed by atoms with Crippen LogP contribution in [0, 0.1) is 0 Å². The summed E-state index contributed by atoms with van der Waals surface area (Å²) in [7, 11) is -3.19. The van der Waals surface area contributed by atoms with Crippen molar-refractivity contribution >= 4 is 27.5 Å². The maximum Gasteiger partial charge on any atom is 0.212 e. The first kappa shape index (κ1) is 16.3. The third-order valence-electron chi connectivity index (χ3n) is 2.81. The molecule has 0 saturated carbocycles. The van der Waals surface area contributed by atoms with Crippen molar-refractivity contribution in [3.05, 3.63) is 24.3 Å². The lowest BCUT2D eigenvalue weighted by atomic mass is 10.2. The van der Waals surface area contributed by atoms with Gasteiger partial charge in [-0.3, -0.25) is 0 Å². The second-order valence-electron chi connectivity index (χ2n) is 4.37. The number of nitrogens with two attached hydrogens (primary N) is 1. The summed E-state index contributed by atoms with van der Waals surface area (Å²) in [5, 5.41) is 0. The predicted octanol–water partition coefficient (Wildman–Crippen LogP) is 2.47. The summed E-state index contributed by atoms with van der Waals surface area (Å²) in [5.74, 6) is 0.655. The van der Waals surface area contributed by atoms with Gasteiger partial charge in [-0.05, 0) is 31.0 Å². The fourth-order valence-corrected chi connectivity index (χ4v) is 4.44. The van der Waals surface area contributed by atoms with E-state index in [2.05, 4.69) is 4.72 Å². The summed E-state index contributed by atoms with van der Waals surface area (Å²) < 4.78 is 26.5. The van der Waals surface area contributed by atoms with Crippen LogP contribution in [-0.4, -0.2) is 26.0 Å². The third-order valence-corrected chi connectivity index (χ3v) is 5.50. The van der Waals surface area contributed by atoms with E-state index in [0.29, 0.717) is 11.4 Å². The molecule has 1 aromatic carbocycles. The van der Waals surface area contributed by atoms with Crippen LogP contribution in [0.25, 0.3) is 0 Å². The molecule has 4 nitrogen and oxygen atoms in total. The number of thioether (sulfide) groups is 1. The molecule has 3 N–H and O–H groups in total. The Balaban J connectivity index is 2.43. The second-order valence-corrected chi connectivity index (χ2v) is 7.41. The third kappa shape index (κ3) is 6.31. The normalized spacial score (nSPS) is 11.9. The van der Waals surface area contributed by atoms with Crippen molar-refractivity contribution < 1.29 is 8.42 Å². The van der Waals surface area contributed by atoms with Crippen LogP contribution in [0.4, 0.5) is 5.69 Å². The SMILES string of the molecule is CCC(CC)NS(=O)(=O)CCSc1cccc(N)c1. The van der Waals surface area contributed by atoms with Gasteiger partial charge in [-0.15, -0.1) is 11.8 Å². The minimum atomic E-state index is -3.19. The first-order chi connectivity index (χ1) is 8.96. The Morgan fingerprint density at radius 2 is 2.00 bits per heavy atom. The number of anilines is 1. The van der Waals surface area contributed by atoms with E-state index in [0.717, 1.165) is 17.7 Å². The van der Waals surface area contributed by atoms with E-state index in [4.69, 9.17) is 5.73 Å². The molecule has 0 radical (unpaired) electrons. The molecular formula is C13H22N2O2S2. The Bertz CT molecular complexity index is 485. The van der Waals surface area contributed by atoms with Crippen LogP contribution >= 0.6 is 11.8 Å². The maximum absolute atomic E-state index is 11.9. The minimum Gasteiger partial charge on any atom is -0.399 e. The number of nitrogen functional groups attached to an aromatic ring is 1. The molecule has 6 heteroatoms. The molecular weight excluding hydrogens is 280 g/mol. The van der Waals surface area contributed by atoms with Gasteiger partial charge in [-0.1, -0.05) is 19.9 Å². The Morgan fingerprint density at radius 3 is 2.58 bits per heavy atom. The average Bonchev–Trinajstić information content (AvgIpc) is 2.36. The molecule has 0 fully saturated rings. The highest BCUT2D eigenvalue weighted by atomic mass is 32.2. The first-order valence-electron chi connectivity index (χ1n) is 6.45. The fraction of sp³-hybridized carbons (Fsp3) is 0.538. The lowest BCUT2D eigenvalue weighted by molar-refractivity contribution is 0.531. The lowest BCUT2D eigenvalue weighted by Crippen LogP contribution is -2.36. The predicted molar refractivity (Wildman–Crippen MR) is 82.9 cm³/mol. The van der Waals surface area contributed by atoms with Crippen LogP contribution in [0.3, 0.4) is 0 Å². The summed E-state index contributed by atoms with van der Waals surface area (Å²) in [6.07, 6.45) is 1.64. The first-order valence-corrected chi connectivity index (χ1v) is 9.09. The van der Waals surface area contributed by atoms with Crippen LogP contribution in [0.1, 0.15) is 26.7 Å². The molecule has 1 aromatic rings. The summed E-state index contributed by atoms with van der Waals surface area (Å²) >= 11 is 1.50. The largest absolute Gasteiger partial charge is 0.399 e. The summed E-state index contributed by atoms with van der Waals surface area (Å²) in [6, 6.07) is 7.51. The van der Waals surface area contributed by atoms with E-state index in [-0.39, 0.29) is 11.8 Å². The topological polar surface area (TPSA) is 72.2 Å². The van der Waals surface area contributed by atoms with Crippen LogP contribution in [0.5, 0.6) is 0 Å². The fourth-order valence-electron chi connectivity index (χ4n) is 1.64. The van der Waals surface area contributed by atoms with Gasteiger partial charge in [-0.2, -0.15) is 0 Å². The Kier molecular flexibility index (Phi) is 6.68. The number of sulfonamides is 1. The number of rotatable bonds is 8. The number of nitrogens with one attached hydrogen (secondary N) is 1. The van der Waals surface area contributed by atoms with Gasteiger partial charge in [0.05, 0.1) is 5.75 Å². The molecule has 0 unspecified atom stereocenters. The van der Waals surface area contributed by atoms with Gasteiger partial charge in [0, 0.05) is 22.4 Å². The van der Waals surface area contributed by atoms with Crippen molar-refractivity contribution in [1.82, 2.24) is 4.72 Å². The summed E-state index contributed by atoms with van der Waals surface area (Å²) in [6.45, 7) is 3.97. The van der Waals surface area contributed by atoms with Crippen molar-refractivity contribution in [2.75, 3.05) is 17.2 Å². The second kappa shape index (κ2) is 7.77. The van der Waals surface area contributed by atoms with Crippen molar-refractivity contribution in [2.45, 2.75) is 37.6 Å². The maximum atomic E-state index is 11.9. The molecule has 1 rings (SSSR count). The van der Waals surface area contributed by atoms with E-state index >= 15 is 0 Å². The quantitative estimate of drug-likeness (QED) is 0.571. The number of hydrogen-bond donors (Lipinski definition) is 2. The van der Waals surface area contributed by atoms with Gasteiger partial charge in [0.25, 0.3) is 0 Å². The van der Waals surface area contributed by atoms with E-state index in [1.54, 1.807) is 0 Å². The van der Waals surface area contributed by atoms with Gasteiger partial charge in [0.2, 0.25) is 10.0 Å². The monoisotopic (exact) mass is 302 g/mol. The van der Waals surface area contributed by atoms with E-state index < -0.39 is 10.0 Å². The van der Waals surface area contributed by atoms with Crippen molar-refractivity contribution in [1.29, 1.82) is 0 Å². The highest BCUT2D eigenvalue weighted by Gasteiger charge is 2.14. The summed E-state index contributed by atoms with van der Waals surface area (Å²) in [5.41, 5.74) is 6.37. The minimum absolute atomic E-state index is 0.0439. The van der Waals surface area contributed by atoms with Gasteiger partial charge in [-0.25, -0.2) is 13.1 Å². The highest BCUT2D eigenvalue weighted by Crippen LogP contribution is 2.20. The van der Waals surface area contributed by atoms with Gasteiger partial charge < -0.3 is 5.73 Å². The zero-order valence-corrected chi connectivity index (χ0v) is 13.1. The molecule has 0 aliphatic carbocycles. The molecule has 0 saturated heterocycles. The standard InChI is InChI=1S/C13H22N2O2S2/c1-3-12(4-2)15-19(16,17)9-8-18-13-7-5-6-11(14)10-13/h5-7,10,12,15H,3-4,8-9,14H2,1-2H3. The zero-order chi connectivity index (χ0) is 14.3. The van der Waals surface area contributed by atoms with Crippen LogP contribution in [0.2, 0.25) is 0 Å². The molecule has 0 amide bonds. The average molecular weight is 302 g/mol. The number of benzene rings is 1. The zero-order valence-electron chi connectivity index (χ0n) is 11.4. The van der Waals surface area contributed by atoms with Crippen molar-refractivity contribution in [2.24, 2.45) is 0 Å². The molecule has 108 valence electrons. The summed E-state index contributed by atoms with van der Waals surface area (Å²) in [4.78, 5) is 0.998. The van der Waals surface area contributed by atoms with Gasteiger partial charge in [0.1, 0.15) is 0 Å². The molecule has 0 spiro atoms. The van der Waals surface area contributed by atoms with Gasteiger partial charge >= 0.3 is 0 Å². The van der Waals surface area contributed by atoms with E-state index in [1.807, 2.05) is 38.1 Å². The molecule has 0 aliphatic rings. The molecule has 0 aliphatic heterocycles. The Hall–Kier alpha value is -0.720. The van der Waals surface area contributed by atoms with Crippen LogP contribution < -0.4 is 10.5 Å². The molecule has 0 atom stereocenters. The Labute approximate surface area is 120 Å². The molecule has 0 aromatic heterocycles. The van der Waals surface area contributed by atoms with Crippen LogP contribution in [0.15, 0.2) is 29.2 Å².